The molecular formula is C16H12Cl2O4. The molecule has 0 spiro atoms. The van der Waals surface area contributed by atoms with E-state index in [1.165, 1.54) is 14.2 Å². The van der Waals surface area contributed by atoms with Gasteiger partial charge in [0.05, 0.1) is 25.3 Å². The summed E-state index contributed by atoms with van der Waals surface area (Å²) in [7, 11) is 2.53. The van der Waals surface area contributed by atoms with Gasteiger partial charge >= 0.3 is 11.9 Å². The van der Waals surface area contributed by atoms with Gasteiger partial charge in [0.25, 0.3) is 0 Å². The summed E-state index contributed by atoms with van der Waals surface area (Å²) in [5, 5.41) is 0.558. The van der Waals surface area contributed by atoms with Gasteiger partial charge in [-0.2, -0.15) is 0 Å². The van der Waals surface area contributed by atoms with Crippen LogP contribution in [0.1, 0.15) is 20.7 Å². The molecule has 0 N–H and O–H groups in total. The number of hydrogen-bond donors (Lipinski definition) is 0. The van der Waals surface area contributed by atoms with Gasteiger partial charge in [-0.05, 0) is 24.3 Å². The van der Waals surface area contributed by atoms with Crippen LogP contribution in [0.15, 0.2) is 36.4 Å². The fourth-order valence-corrected chi connectivity index (χ4v) is 2.65. The second-order valence-corrected chi connectivity index (χ2v) is 5.12. The van der Waals surface area contributed by atoms with Gasteiger partial charge in [-0.3, -0.25) is 0 Å². The zero-order chi connectivity index (χ0) is 16.3. The van der Waals surface area contributed by atoms with Crippen LogP contribution in [0.25, 0.3) is 11.1 Å². The van der Waals surface area contributed by atoms with E-state index in [0.717, 1.165) is 0 Å². The summed E-state index contributed by atoms with van der Waals surface area (Å²) in [6, 6.07) is 9.55. The Balaban J connectivity index is 2.83. The van der Waals surface area contributed by atoms with Crippen LogP contribution in [-0.2, 0) is 9.47 Å². The molecule has 0 saturated carbocycles. The van der Waals surface area contributed by atoms with Crippen molar-refractivity contribution in [3.63, 3.8) is 0 Å². The Morgan fingerprint density at radius 1 is 0.773 bits per heavy atom. The van der Waals surface area contributed by atoms with Crippen LogP contribution in [0, 0.1) is 0 Å². The largest absolute Gasteiger partial charge is 0.465 e. The minimum atomic E-state index is -0.576. The van der Waals surface area contributed by atoms with Crippen molar-refractivity contribution in [1.82, 2.24) is 0 Å². The van der Waals surface area contributed by atoms with Crippen molar-refractivity contribution in [3.8, 4) is 11.1 Å². The standard InChI is InChI=1S/C16H12Cl2O4/c1-21-15(19)9-5-3-7-11(17)13(9)14-10(16(20)22-2)6-4-8-12(14)18/h3-8H,1-2H3. The Hall–Kier alpha value is -2.04. The molecule has 0 aliphatic rings. The third-order valence-corrected chi connectivity index (χ3v) is 3.72. The van der Waals surface area contributed by atoms with Crippen LogP contribution in [0.2, 0.25) is 10.0 Å². The highest BCUT2D eigenvalue weighted by Crippen LogP contribution is 2.39. The lowest BCUT2D eigenvalue weighted by Crippen LogP contribution is -2.08. The molecule has 114 valence electrons. The molecule has 22 heavy (non-hydrogen) atoms. The normalized spacial score (nSPS) is 10.2. The summed E-state index contributed by atoms with van der Waals surface area (Å²) in [4.78, 5) is 24.0. The fraction of sp³-hybridized carbons (Fsp3) is 0.125. The molecule has 0 fully saturated rings. The van der Waals surface area contributed by atoms with E-state index in [1.54, 1.807) is 36.4 Å². The topological polar surface area (TPSA) is 52.6 Å². The zero-order valence-corrected chi connectivity index (χ0v) is 13.4. The van der Waals surface area contributed by atoms with E-state index in [9.17, 15) is 9.59 Å². The van der Waals surface area contributed by atoms with Gasteiger partial charge in [0.15, 0.2) is 0 Å². The van der Waals surface area contributed by atoms with Crippen molar-refractivity contribution in [2.24, 2.45) is 0 Å². The van der Waals surface area contributed by atoms with Gasteiger partial charge in [0.2, 0.25) is 0 Å². The van der Waals surface area contributed by atoms with Crippen molar-refractivity contribution in [3.05, 3.63) is 57.6 Å². The minimum Gasteiger partial charge on any atom is -0.465 e. The second kappa shape index (κ2) is 6.81. The van der Waals surface area contributed by atoms with Crippen LogP contribution in [0.3, 0.4) is 0 Å². The predicted octanol–water partition coefficient (Wildman–Crippen LogP) is 4.23. The predicted molar refractivity (Wildman–Crippen MR) is 84.6 cm³/mol. The highest BCUT2D eigenvalue weighted by atomic mass is 35.5. The molecule has 2 aromatic carbocycles. The van der Waals surface area contributed by atoms with Gasteiger partial charge in [0.1, 0.15) is 0 Å². The lowest BCUT2D eigenvalue weighted by molar-refractivity contribution is 0.0590. The van der Waals surface area contributed by atoms with Crippen LogP contribution < -0.4 is 0 Å². The van der Waals surface area contributed by atoms with Crippen LogP contribution in [-0.4, -0.2) is 26.2 Å². The molecule has 2 aromatic rings. The van der Waals surface area contributed by atoms with E-state index in [0.29, 0.717) is 11.1 Å². The first-order chi connectivity index (χ1) is 10.5. The van der Waals surface area contributed by atoms with E-state index >= 15 is 0 Å². The van der Waals surface area contributed by atoms with E-state index in [1.807, 2.05) is 0 Å². The van der Waals surface area contributed by atoms with E-state index in [2.05, 4.69) is 0 Å². The number of rotatable bonds is 3. The number of carbonyl (C=O) groups excluding carboxylic acids is 2. The Bertz CT molecular complexity index is 677. The van der Waals surface area contributed by atoms with Gasteiger partial charge in [-0.25, -0.2) is 9.59 Å². The number of hydrogen-bond acceptors (Lipinski definition) is 4. The molecule has 0 aliphatic heterocycles. The summed E-state index contributed by atoms with van der Waals surface area (Å²) in [6.07, 6.45) is 0. The number of methoxy groups -OCH3 is 2. The van der Waals surface area contributed by atoms with Crippen molar-refractivity contribution < 1.29 is 19.1 Å². The molecule has 2 rings (SSSR count). The average Bonchev–Trinajstić information content (AvgIpc) is 2.53. The molecule has 0 aromatic heterocycles. The Morgan fingerprint density at radius 3 is 1.45 bits per heavy atom. The van der Waals surface area contributed by atoms with E-state index in [4.69, 9.17) is 32.7 Å². The van der Waals surface area contributed by atoms with E-state index < -0.39 is 11.9 Å². The summed E-state index contributed by atoms with van der Waals surface area (Å²) >= 11 is 12.5. The molecule has 0 saturated heterocycles. The highest BCUT2D eigenvalue weighted by Gasteiger charge is 2.23. The first-order valence-electron chi connectivity index (χ1n) is 6.25. The van der Waals surface area contributed by atoms with Gasteiger partial charge in [-0.1, -0.05) is 35.3 Å². The Labute approximate surface area is 137 Å². The third-order valence-electron chi connectivity index (χ3n) is 3.09. The molecule has 0 radical (unpaired) electrons. The zero-order valence-electron chi connectivity index (χ0n) is 11.9. The molecule has 0 bridgehead atoms. The molecule has 0 unspecified atom stereocenters. The molecular weight excluding hydrogens is 327 g/mol. The molecule has 0 heterocycles. The van der Waals surface area contributed by atoms with Gasteiger partial charge < -0.3 is 9.47 Å². The molecule has 6 heteroatoms. The first kappa shape index (κ1) is 16.3. The smallest absolute Gasteiger partial charge is 0.338 e. The maximum Gasteiger partial charge on any atom is 0.338 e. The third kappa shape index (κ3) is 2.93. The maximum atomic E-state index is 12.0. The summed E-state index contributed by atoms with van der Waals surface area (Å²) in [5.74, 6) is -1.15. The van der Waals surface area contributed by atoms with Crippen molar-refractivity contribution in [1.29, 1.82) is 0 Å². The average molecular weight is 339 g/mol. The minimum absolute atomic E-state index is 0.216. The Kier molecular flexibility index (Phi) is 5.06. The number of esters is 2. The van der Waals surface area contributed by atoms with Crippen molar-refractivity contribution >= 4 is 35.1 Å². The monoisotopic (exact) mass is 338 g/mol. The lowest BCUT2D eigenvalue weighted by Gasteiger charge is -2.15. The SMILES string of the molecule is COC(=O)c1cccc(Cl)c1-c1c(Cl)cccc1C(=O)OC. The summed E-state index contributed by atoms with van der Waals surface area (Å²) in [5.41, 5.74) is 1.10. The van der Waals surface area contributed by atoms with Crippen LogP contribution >= 0.6 is 23.2 Å². The van der Waals surface area contributed by atoms with Gasteiger partial charge in [0, 0.05) is 21.2 Å². The number of carbonyl (C=O) groups is 2. The summed E-state index contributed by atoms with van der Waals surface area (Å²) in [6.45, 7) is 0. The molecule has 4 nitrogen and oxygen atoms in total. The fourth-order valence-electron chi connectivity index (χ4n) is 2.12. The highest BCUT2D eigenvalue weighted by molar-refractivity contribution is 6.38. The lowest BCUT2D eigenvalue weighted by atomic mass is 9.95. The van der Waals surface area contributed by atoms with E-state index in [-0.39, 0.29) is 21.2 Å². The molecule has 0 atom stereocenters. The quantitative estimate of drug-likeness (QED) is 0.785. The summed E-state index contributed by atoms with van der Waals surface area (Å²) < 4.78 is 9.53. The van der Waals surface area contributed by atoms with Crippen molar-refractivity contribution in [2.75, 3.05) is 14.2 Å². The second-order valence-electron chi connectivity index (χ2n) is 4.31. The van der Waals surface area contributed by atoms with Crippen molar-refractivity contribution in [2.45, 2.75) is 0 Å². The number of ether oxygens (including phenoxy) is 2. The van der Waals surface area contributed by atoms with Crippen LogP contribution in [0.5, 0.6) is 0 Å². The number of benzene rings is 2. The molecule has 0 aliphatic carbocycles. The van der Waals surface area contributed by atoms with Gasteiger partial charge in [-0.15, -0.1) is 0 Å². The maximum absolute atomic E-state index is 12.0. The van der Waals surface area contributed by atoms with Crippen LogP contribution in [0.4, 0.5) is 0 Å². The Morgan fingerprint density at radius 2 is 1.14 bits per heavy atom. The number of halogens is 2. The first-order valence-corrected chi connectivity index (χ1v) is 7.00. The molecule has 0 amide bonds.